The number of pyridine rings is 1. The van der Waals surface area contributed by atoms with Gasteiger partial charge in [-0.1, -0.05) is 61.0 Å². The Kier molecular flexibility index (Phi) is 7.21. The highest BCUT2D eigenvalue weighted by molar-refractivity contribution is 6.30. The maximum absolute atomic E-state index is 12.3. The quantitative estimate of drug-likeness (QED) is 0.552. The van der Waals surface area contributed by atoms with E-state index in [1.54, 1.807) is 6.20 Å². The summed E-state index contributed by atoms with van der Waals surface area (Å²) in [5.74, 6) is 0.0891. The lowest BCUT2D eigenvalue weighted by molar-refractivity contribution is -0.121. The number of carbonyl (C=O) groups excluding carboxylic acids is 1. The summed E-state index contributed by atoms with van der Waals surface area (Å²) in [7, 11) is 0. The largest absolute Gasteiger partial charge is 0.353 e. The van der Waals surface area contributed by atoms with E-state index in [1.807, 2.05) is 36.5 Å². The molecule has 28 heavy (non-hydrogen) atoms. The van der Waals surface area contributed by atoms with Crippen molar-refractivity contribution >= 4 is 17.5 Å². The first-order valence-corrected chi connectivity index (χ1v) is 10.0. The van der Waals surface area contributed by atoms with Crippen LogP contribution in [-0.4, -0.2) is 16.9 Å². The number of hydrogen-bond donors (Lipinski definition) is 1. The molecule has 3 aromatic rings. The van der Waals surface area contributed by atoms with Crippen molar-refractivity contribution in [3.05, 3.63) is 89.2 Å². The van der Waals surface area contributed by atoms with E-state index in [1.165, 1.54) is 5.56 Å². The van der Waals surface area contributed by atoms with Crippen LogP contribution in [0.5, 0.6) is 0 Å². The zero-order valence-corrected chi connectivity index (χ0v) is 16.8. The van der Waals surface area contributed by atoms with Crippen LogP contribution < -0.4 is 5.32 Å². The molecule has 3 nitrogen and oxygen atoms in total. The van der Waals surface area contributed by atoms with Gasteiger partial charge in [0.05, 0.1) is 0 Å². The van der Waals surface area contributed by atoms with Crippen molar-refractivity contribution in [1.82, 2.24) is 10.3 Å². The Bertz CT molecular complexity index is 894. The molecule has 2 aromatic carbocycles. The summed E-state index contributed by atoms with van der Waals surface area (Å²) >= 11 is 6.08. The molecule has 0 saturated carbocycles. The maximum Gasteiger partial charge on any atom is 0.220 e. The number of amides is 1. The average molecular weight is 393 g/mol. The Labute approximate surface area is 171 Å². The fourth-order valence-electron chi connectivity index (χ4n) is 3.19. The number of nitrogens with one attached hydrogen (secondary N) is 1. The summed E-state index contributed by atoms with van der Waals surface area (Å²) in [6, 6.07) is 20.4. The van der Waals surface area contributed by atoms with Crippen LogP contribution in [0.3, 0.4) is 0 Å². The van der Waals surface area contributed by atoms with Crippen LogP contribution in [0, 0.1) is 0 Å². The summed E-state index contributed by atoms with van der Waals surface area (Å²) < 4.78 is 0. The van der Waals surface area contributed by atoms with Gasteiger partial charge in [-0.15, -0.1) is 0 Å². The normalized spacial score (nSPS) is 11.8. The lowest BCUT2D eigenvalue weighted by atomic mass is 9.99. The molecule has 0 fully saturated rings. The molecule has 1 N–H and O–H groups in total. The molecule has 1 heterocycles. The van der Waals surface area contributed by atoms with E-state index < -0.39 is 0 Å². The fraction of sp³-hybridized carbons (Fsp3) is 0.250. The molecule has 144 valence electrons. The van der Waals surface area contributed by atoms with E-state index in [2.05, 4.69) is 47.6 Å². The molecule has 0 bridgehead atoms. The minimum absolute atomic E-state index is 0.0891. The number of nitrogens with zero attached hydrogens (tertiary/aromatic N) is 1. The molecule has 4 heteroatoms. The van der Waals surface area contributed by atoms with Crippen molar-refractivity contribution in [2.75, 3.05) is 0 Å². The molecule has 1 atom stereocenters. The standard InChI is InChI=1S/C24H25ClN2O/c1-2-23(27-24(28)13-10-19-5-4-14-26-17-19)15-18-8-11-20(12-9-18)21-6-3-7-22(25)16-21/h3-9,11-12,14,16-17,23H,2,10,13,15H2,1H3,(H,27,28)/t23-/m1/s1. The van der Waals surface area contributed by atoms with E-state index in [4.69, 9.17) is 11.6 Å². The van der Waals surface area contributed by atoms with Crippen LogP contribution in [0.15, 0.2) is 73.1 Å². The third-order valence-corrected chi connectivity index (χ3v) is 5.05. The lowest BCUT2D eigenvalue weighted by Gasteiger charge is -2.17. The number of hydrogen-bond acceptors (Lipinski definition) is 2. The number of benzene rings is 2. The Morgan fingerprint density at radius 3 is 2.54 bits per heavy atom. The second kappa shape index (κ2) is 10.0. The first-order chi connectivity index (χ1) is 13.6. The number of aryl methyl sites for hydroxylation is 1. The molecule has 0 spiro atoms. The second-order valence-corrected chi connectivity index (χ2v) is 7.38. The Morgan fingerprint density at radius 1 is 1.04 bits per heavy atom. The number of halogens is 1. The predicted molar refractivity (Wildman–Crippen MR) is 115 cm³/mol. The SMILES string of the molecule is CC[C@H](Cc1ccc(-c2cccc(Cl)c2)cc1)NC(=O)CCc1cccnc1. The van der Waals surface area contributed by atoms with Crippen LogP contribution in [0.1, 0.15) is 30.9 Å². The van der Waals surface area contributed by atoms with Crippen molar-refractivity contribution in [3.8, 4) is 11.1 Å². The van der Waals surface area contributed by atoms with Crippen LogP contribution in [0.2, 0.25) is 5.02 Å². The molecule has 1 amide bonds. The average Bonchev–Trinajstić information content (AvgIpc) is 2.73. The van der Waals surface area contributed by atoms with Crippen molar-refractivity contribution in [2.45, 2.75) is 38.6 Å². The highest BCUT2D eigenvalue weighted by Gasteiger charge is 2.12. The Morgan fingerprint density at radius 2 is 1.86 bits per heavy atom. The van der Waals surface area contributed by atoms with Gasteiger partial charge in [-0.25, -0.2) is 0 Å². The van der Waals surface area contributed by atoms with Crippen molar-refractivity contribution in [1.29, 1.82) is 0 Å². The number of aromatic nitrogens is 1. The van der Waals surface area contributed by atoms with Gasteiger partial charge in [-0.2, -0.15) is 0 Å². The first kappa shape index (κ1) is 20.1. The third kappa shape index (κ3) is 5.93. The van der Waals surface area contributed by atoms with Gasteiger partial charge in [-0.3, -0.25) is 9.78 Å². The Hall–Kier alpha value is -2.65. The minimum atomic E-state index is 0.0891. The smallest absolute Gasteiger partial charge is 0.220 e. The van der Waals surface area contributed by atoms with Crippen LogP contribution in [0.25, 0.3) is 11.1 Å². The van der Waals surface area contributed by atoms with Crippen LogP contribution in [0.4, 0.5) is 0 Å². The van der Waals surface area contributed by atoms with Gasteiger partial charge >= 0.3 is 0 Å². The Balaban J connectivity index is 1.54. The maximum atomic E-state index is 12.3. The molecular weight excluding hydrogens is 368 g/mol. The topological polar surface area (TPSA) is 42.0 Å². The van der Waals surface area contributed by atoms with Gasteiger partial charge in [0, 0.05) is 29.9 Å². The molecule has 0 aliphatic heterocycles. The van der Waals surface area contributed by atoms with E-state index in [9.17, 15) is 4.79 Å². The molecule has 0 aliphatic rings. The van der Waals surface area contributed by atoms with Gasteiger partial charge in [-0.05, 0) is 59.7 Å². The van der Waals surface area contributed by atoms with Crippen molar-refractivity contribution in [3.63, 3.8) is 0 Å². The molecule has 0 radical (unpaired) electrons. The number of carbonyl (C=O) groups is 1. The monoisotopic (exact) mass is 392 g/mol. The van der Waals surface area contributed by atoms with Crippen LogP contribution >= 0.6 is 11.6 Å². The van der Waals surface area contributed by atoms with E-state index >= 15 is 0 Å². The van der Waals surface area contributed by atoms with Gasteiger partial charge in [0.2, 0.25) is 5.91 Å². The van der Waals surface area contributed by atoms with Crippen molar-refractivity contribution < 1.29 is 4.79 Å². The molecule has 1 aromatic heterocycles. The summed E-state index contributed by atoms with van der Waals surface area (Å²) in [5.41, 5.74) is 4.54. The molecule has 3 rings (SSSR count). The molecule has 0 aliphatic carbocycles. The van der Waals surface area contributed by atoms with Crippen molar-refractivity contribution in [2.24, 2.45) is 0 Å². The van der Waals surface area contributed by atoms with E-state index in [0.29, 0.717) is 12.8 Å². The highest BCUT2D eigenvalue weighted by atomic mass is 35.5. The second-order valence-electron chi connectivity index (χ2n) is 6.95. The summed E-state index contributed by atoms with van der Waals surface area (Å²) in [6.07, 6.45) is 6.47. The summed E-state index contributed by atoms with van der Waals surface area (Å²) in [4.78, 5) is 16.4. The summed E-state index contributed by atoms with van der Waals surface area (Å²) in [5, 5.41) is 3.90. The van der Waals surface area contributed by atoms with Gasteiger partial charge < -0.3 is 5.32 Å². The van der Waals surface area contributed by atoms with Crippen LogP contribution in [-0.2, 0) is 17.6 Å². The summed E-state index contributed by atoms with van der Waals surface area (Å²) in [6.45, 7) is 2.10. The van der Waals surface area contributed by atoms with E-state index in [-0.39, 0.29) is 11.9 Å². The zero-order chi connectivity index (χ0) is 19.8. The first-order valence-electron chi connectivity index (χ1n) is 9.67. The highest BCUT2D eigenvalue weighted by Crippen LogP contribution is 2.23. The predicted octanol–water partition coefficient (Wildman–Crippen LogP) is 5.47. The third-order valence-electron chi connectivity index (χ3n) is 4.82. The lowest BCUT2D eigenvalue weighted by Crippen LogP contribution is -2.36. The van der Waals surface area contributed by atoms with Gasteiger partial charge in [0.15, 0.2) is 0 Å². The zero-order valence-electron chi connectivity index (χ0n) is 16.1. The van der Waals surface area contributed by atoms with Gasteiger partial charge in [0.25, 0.3) is 0 Å². The minimum Gasteiger partial charge on any atom is -0.353 e. The molecular formula is C24H25ClN2O. The number of rotatable bonds is 8. The van der Waals surface area contributed by atoms with E-state index in [0.717, 1.165) is 34.6 Å². The fourth-order valence-corrected chi connectivity index (χ4v) is 3.38. The molecule has 0 saturated heterocycles. The van der Waals surface area contributed by atoms with Gasteiger partial charge in [0.1, 0.15) is 0 Å². The molecule has 0 unspecified atom stereocenters.